The van der Waals surface area contributed by atoms with Gasteiger partial charge < -0.3 is 10.4 Å². The number of hydrogen-bond acceptors (Lipinski definition) is 6. The van der Waals surface area contributed by atoms with Gasteiger partial charge in [0.1, 0.15) is 0 Å². The molecule has 0 aliphatic heterocycles. The van der Waals surface area contributed by atoms with E-state index >= 15 is 0 Å². The quantitative estimate of drug-likeness (QED) is 0.345. The van der Waals surface area contributed by atoms with Gasteiger partial charge in [-0.25, -0.2) is 4.68 Å². The van der Waals surface area contributed by atoms with Crippen molar-refractivity contribution in [2.45, 2.75) is 0 Å². The molecular formula is C11H11N5Na2O3S2+2. The zero-order valence-corrected chi connectivity index (χ0v) is 18.3. The molecule has 2 rings (SSSR count). The first-order valence-corrected chi connectivity index (χ1v) is 7.32. The van der Waals surface area contributed by atoms with E-state index in [-0.39, 0.29) is 81.3 Å². The Morgan fingerprint density at radius 2 is 2.09 bits per heavy atom. The number of carbonyl (C=O) groups is 2. The summed E-state index contributed by atoms with van der Waals surface area (Å²) in [5.41, 5.74) is 1.26. The fourth-order valence-corrected chi connectivity index (χ4v) is 2.24. The molecular weight excluding hydrogens is 360 g/mol. The maximum absolute atomic E-state index is 11.7. The number of carboxylic acid groups (broad SMARTS) is 1. The van der Waals surface area contributed by atoms with E-state index in [1.165, 1.54) is 4.68 Å². The van der Waals surface area contributed by atoms with Crippen LogP contribution in [0.15, 0.2) is 24.3 Å². The van der Waals surface area contributed by atoms with E-state index in [2.05, 4.69) is 20.8 Å². The Kier molecular flexibility index (Phi) is 11.3. The van der Waals surface area contributed by atoms with Gasteiger partial charge in [-0.3, -0.25) is 9.59 Å². The van der Waals surface area contributed by atoms with Crippen molar-refractivity contribution >= 4 is 41.5 Å². The Morgan fingerprint density at radius 1 is 1.35 bits per heavy atom. The van der Waals surface area contributed by atoms with E-state index in [1.54, 1.807) is 24.3 Å². The Hall–Kier alpha value is -0.200. The zero-order valence-electron chi connectivity index (χ0n) is 12.6. The first-order chi connectivity index (χ1) is 10.1. The molecule has 0 unspecified atom stereocenters. The van der Waals surface area contributed by atoms with Gasteiger partial charge in [-0.2, -0.15) is 5.21 Å². The van der Waals surface area contributed by atoms with Crippen LogP contribution >= 0.6 is 24.0 Å². The number of rotatable bonds is 6. The second kappa shape index (κ2) is 11.4. The number of hydrogen-bond donors (Lipinski definition) is 3. The van der Waals surface area contributed by atoms with Gasteiger partial charge in [0, 0.05) is 5.69 Å². The molecule has 0 atom stereocenters. The van der Waals surface area contributed by atoms with Crippen LogP contribution in [0.25, 0.3) is 5.69 Å². The SMILES string of the molecule is O=C(O)CSCC(=O)Nc1cccc(-n2[nH]nnc2=S)c1.[Na+].[Na+]. The summed E-state index contributed by atoms with van der Waals surface area (Å²) in [5, 5.41) is 21.1. The number of aromatic amines is 1. The number of carbonyl (C=O) groups excluding carboxylic acids is 1. The van der Waals surface area contributed by atoms with Gasteiger partial charge in [-0.05, 0) is 30.4 Å². The number of tetrazole rings is 1. The molecule has 110 valence electrons. The van der Waals surface area contributed by atoms with Crippen molar-refractivity contribution in [1.29, 1.82) is 0 Å². The number of benzene rings is 1. The molecule has 8 nitrogen and oxygen atoms in total. The molecule has 12 heteroatoms. The van der Waals surface area contributed by atoms with E-state index in [0.717, 1.165) is 11.8 Å². The van der Waals surface area contributed by atoms with Crippen molar-refractivity contribution in [3.8, 4) is 5.69 Å². The summed E-state index contributed by atoms with van der Waals surface area (Å²) in [6.07, 6.45) is 0. The monoisotopic (exact) mass is 371 g/mol. The molecule has 1 aromatic heterocycles. The maximum Gasteiger partial charge on any atom is 1.00 e. The van der Waals surface area contributed by atoms with Crippen LogP contribution in [0.3, 0.4) is 0 Å². The van der Waals surface area contributed by atoms with E-state index in [0.29, 0.717) is 11.4 Å². The molecule has 1 amide bonds. The first kappa shape index (κ1) is 22.8. The molecule has 0 radical (unpaired) electrons. The minimum absolute atomic E-state index is 0. The number of aliphatic carboxylic acids is 1. The van der Waals surface area contributed by atoms with Crippen LogP contribution in [-0.4, -0.2) is 48.7 Å². The average molecular weight is 371 g/mol. The van der Waals surface area contributed by atoms with Gasteiger partial charge in [0.2, 0.25) is 10.7 Å². The number of nitrogens with zero attached hydrogens (tertiary/aromatic N) is 3. The summed E-state index contributed by atoms with van der Waals surface area (Å²) in [5.74, 6) is -1.26. The van der Waals surface area contributed by atoms with Crippen molar-refractivity contribution in [2.24, 2.45) is 0 Å². The molecule has 23 heavy (non-hydrogen) atoms. The normalized spacial score (nSPS) is 9.39. The van der Waals surface area contributed by atoms with Crippen molar-refractivity contribution < 1.29 is 73.8 Å². The number of nitrogens with one attached hydrogen (secondary N) is 2. The topological polar surface area (TPSA) is 113 Å². The standard InChI is InChI=1S/C11H11N5O3S2.2Na/c17-9(5-21-6-10(18)19)12-7-2-1-3-8(4-7)16-11(20)13-14-15-16;;/h1-4H,5-6H2,(H,12,17)(H,18,19)(H,13,15,20);;/q;2*+1. The van der Waals surface area contributed by atoms with Crippen LogP contribution in [0.5, 0.6) is 0 Å². The van der Waals surface area contributed by atoms with Crippen molar-refractivity contribution in [2.75, 3.05) is 16.8 Å². The van der Waals surface area contributed by atoms with Crippen LogP contribution in [0.4, 0.5) is 5.69 Å². The summed E-state index contributed by atoms with van der Waals surface area (Å²) >= 11 is 6.03. The summed E-state index contributed by atoms with van der Waals surface area (Å²) < 4.78 is 1.76. The molecule has 0 spiro atoms. The van der Waals surface area contributed by atoms with Crippen LogP contribution in [0.2, 0.25) is 0 Å². The van der Waals surface area contributed by atoms with E-state index < -0.39 is 5.97 Å². The van der Waals surface area contributed by atoms with Gasteiger partial charge in [-0.1, -0.05) is 16.4 Å². The predicted molar refractivity (Wildman–Crippen MR) is 80.1 cm³/mol. The molecule has 0 fully saturated rings. The second-order valence-electron chi connectivity index (χ2n) is 3.90. The number of thioether (sulfide) groups is 1. The Labute approximate surface area is 185 Å². The van der Waals surface area contributed by atoms with E-state index in [1.807, 2.05) is 0 Å². The predicted octanol–water partition coefficient (Wildman–Crippen LogP) is -4.91. The van der Waals surface area contributed by atoms with Crippen LogP contribution in [0.1, 0.15) is 0 Å². The largest absolute Gasteiger partial charge is 1.00 e. The smallest absolute Gasteiger partial charge is 0.481 e. The second-order valence-corrected chi connectivity index (χ2v) is 5.25. The molecule has 0 aliphatic rings. The molecule has 0 saturated heterocycles. The molecule has 0 saturated carbocycles. The fourth-order valence-electron chi connectivity index (χ4n) is 1.52. The first-order valence-electron chi connectivity index (χ1n) is 5.76. The zero-order chi connectivity index (χ0) is 15.2. The third-order valence-corrected chi connectivity index (χ3v) is 3.50. The van der Waals surface area contributed by atoms with E-state index in [9.17, 15) is 9.59 Å². The van der Waals surface area contributed by atoms with Crippen molar-refractivity contribution in [3.63, 3.8) is 0 Å². The molecule has 0 bridgehead atoms. The maximum atomic E-state index is 11.7. The van der Waals surface area contributed by atoms with E-state index in [4.69, 9.17) is 17.3 Å². The van der Waals surface area contributed by atoms with Crippen LogP contribution < -0.4 is 64.4 Å². The molecule has 3 N–H and O–H groups in total. The fraction of sp³-hybridized carbons (Fsp3) is 0.182. The van der Waals surface area contributed by atoms with Gasteiger partial charge in [0.25, 0.3) is 0 Å². The Morgan fingerprint density at radius 3 is 2.70 bits per heavy atom. The summed E-state index contributed by atoms with van der Waals surface area (Å²) in [6, 6.07) is 6.95. The van der Waals surface area contributed by atoms with Crippen molar-refractivity contribution in [1.82, 2.24) is 20.2 Å². The van der Waals surface area contributed by atoms with Crippen molar-refractivity contribution in [3.05, 3.63) is 29.0 Å². The number of aromatic nitrogens is 4. The number of H-pyrrole nitrogens is 1. The van der Waals surface area contributed by atoms with Gasteiger partial charge in [-0.15, -0.1) is 11.8 Å². The van der Waals surface area contributed by atoms with Crippen LogP contribution in [-0.2, 0) is 9.59 Å². The number of anilines is 1. The third kappa shape index (κ3) is 7.48. The average Bonchev–Trinajstić information content (AvgIpc) is 2.85. The summed E-state index contributed by atoms with van der Waals surface area (Å²) in [6.45, 7) is 0. The molecule has 0 aliphatic carbocycles. The van der Waals surface area contributed by atoms with Crippen LogP contribution in [0, 0.1) is 4.77 Å². The molecule has 1 heterocycles. The van der Waals surface area contributed by atoms with Gasteiger partial charge in [0.05, 0.1) is 17.2 Å². The third-order valence-electron chi connectivity index (χ3n) is 2.32. The molecule has 2 aromatic rings. The minimum atomic E-state index is -0.948. The number of carboxylic acids is 1. The number of amides is 1. The summed E-state index contributed by atoms with van der Waals surface area (Å²) in [4.78, 5) is 22.0. The van der Waals surface area contributed by atoms with Gasteiger partial charge in [0.15, 0.2) is 0 Å². The van der Waals surface area contributed by atoms with Gasteiger partial charge >= 0.3 is 65.1 Å². The Balaban J connectivity index is 0.00000242. The Bertz CT molecular complexity index is 721. The summed E-state index contributed by atoms with van der Waals surface area (Å²) in [7, 11) is 0. The molecule has 1 aromatic carbocycles. The minimum Gasteiger partial charge on any atom is -0.481 e.